The summed E-state index contributed by atoms with van der Waals surface area (Å²) in [5, 5.41) is 16.0. The number of benzene rings is 2. The Morgan fingerprint density at radius 3 is 2.31 bits per heavy atom. The minimum absolute atomic E-state index is 0.0244. The fourth-order valence-corrected chi connectivity index (χ4v) is 3.52. The van der Waals surface area contributed by atoms with Gasteiger partial charge in [-0.2, -0.15) is 0 Å². The zero-order valence-corrected chi connectivity index (χ0v) is 21.1. The van der Waals surface area contributed by atoms with E-state index in [0.717, 1.165) is 11.3 Å². The van der Waals surface area contributed by atoms with Crippen molar-refractivity contribution >= 4 is 52.3 Å². The SMILES string of the molecule is Cc1ccc(OCCCNC(=O)N(c2cc(Cl)c(O)c(Cl)c2)N(C)C(=S)N(C)C)c(C)c1. The van der Waals surface area contributed by atoms with Crippen molar-refractivity contribution in [2.75, 3.05) is 39.3 Å². The molecule has 174 valence electrons. The first-order valence-corrected chi connectivity index (χ1v) is 11.1. The molecule has 0 aromatic heterocycles. The van der Waals surface area contributed by atoms with Crippen LogP contribution in [0.5, 0.6) is 11.5 Å². The summed E-state index contributed by atoms with van der Waals surface area (Å²) in [6, 6.07) is 8.47. The minimum atomic E-state index is -0.430. The number of rotatable bonds is 6. The first-order chi connectivity index (χ1) is 15.0. The predicted molar refractivity (Wildman–Crippen MR) is 134 cm³/mol. The van der Waals surface area contributed by atoms with Crippen LogP contribution in [0.15, 0.2) is 30.3 Å². The number of nitrogens with one attached hydrogen (secondary N) is 1. The second kappa shape index (κ2) is 11.4. The lowest BCUT2D eigenvalue weighted by atomic mass is 10.1. The number of amides is 2. The van der Waals surface area contributed by atoms with Gasteiger partial charge in [0.1, 0.15) is 5.75 Å². The topological polar surface area (TPSA) is 68.3 Å². The van der Waals surface area contributed by atoms with E-state index in [2.05, 4.69) is 11.4 Å². The quantitative estimate of drug-likeness (QED) is 0.332. The molecule has 0 unspecified atom stereocenters. The Morgan fingerprint density at radius 2 is 1.75 bits per heavy atom. The van der Waals surface area contributed by atoms with Crippen LogP contribution in [-0.2, 0) is 0 Å². The number of phenolic OH excluding ortho intramolecular Hbond substituents is 1. The van der Waals surface area contributed by atoms with Crippen molar-refractivity contribution in [3.63, 3.8) is 0 Å². The highest BCUT2D eigenvalue weighted by molar-refractivity contribution is 7.80. The number of aromatic hydroxyl groups is 1. The Morgan fingerprint density at radius 1 is 1.12 bits per heavy atom. The Labute approximate surface area is 204 Å². The molecular formula is C22H28Cl2N4O3S. The van der Waals surface area contributed by atoms with E-state index in [1.54, 1.807) is 26.0 Å². The smallest absolute Gasteiger partial charge is 0.341 e. The molecule has 0 aliphatic carbocycles. The Hall–Kier alpha value is -2.42. The third kappa shape index (κ3) is 6.54. The highest BCUT2D eigenvalue weighted by Gasteiger charge is 2.25. The number of carbonyl (C=O) groups excluding carboxylic acids is 1. The maximum atomic E-state index is 13.0. The van der Waals surface area contributed by atoms with Crippen molar-refractivity contribution in [1.29, 1.82) is 0 Å². The number of urea groups is 1. The molecule has 10 heteroatoms. The van der Waals surface area contributed by atoms with E-state index < -0.39 is 6.03 Å². The lowest BCUT2D eigenvalue weighted by molar-refractivity contribution is 0.233. The largest absolute Gasteiger partial charge is 0.505 e. The van der Waals surface area contributed by atoms with E-state index in [9.17, 15) is 9.90 Å². The molecule has 2 aromatic rings. The molecule has 0 atom stereocenters. The number of hydrogen-bond donors (Lipinski definition) is 2. The number of phenols is 1. The highest BCUT2D eigenvalue weighted by atomic mass is 35.5. The summed E-state index contributed by atoms with van der Waals surface area (Å²) < 4.78 is 5.82. The van der Waals surface area contributed by atoms with Gasteiger partial charge >= 0.3 is 6.03 Å². The van der Waals surface area contributed by atoms with Crippen LogP contribution >= 0.6 is 35.4 Å². The first-order valence-electron chi connectivity index (χ1n) is 9.93. The molecule has 0 saturated carbocycles. The monoisotopic (exact) mass is 498 g/mol. The Kier molecular flexibility index (Phi) is 9.24. The number of carbonyl (C=O) groups is 1. The van der Waals surface area contributed by atoms with Crippen molar-refractivity contribution in [2.24, 2.45) is 0 Å². The van der Waals surface area contributed by atoms with Gasteiger partial charge in [0.15, 0.2) is 10.9 Å². The molecule has 0 fully saturated rings. The number of hydrazine groups is 1. The summed E-state index contributed by atoms with van der Waals surface area (Å²) in [6.07, 6.45) is 0.603. The fourth-order valence-electron chi connectivity index (χ4n) is 2.96. The summed E-state index contributed by atoms with van der Waals surface area (Å²) >= 11 is 17.6. The van der Waals surface area contributed by atoms with Gasteiger partial charge < -0.3 is 20.1 Å². The Balaban J connectivity index is 2.07. The summed E-state index contributed by atoms with van der Waals surface area (Å²) in [5.74, 6) is 0.576. The standard InChI is InChI=1S/C22H28Cl2N4O3S/c1-14-7-8-19(15(2)11-14)31-10-6-9-25-21(30)28(27(5)22(32)26(3)4)16-12-17(23)20(29)18(24)13-16/h7-8,11-13,29H,6,9-10H2,1-5H3,(H,25,30). The molecule has 0 spiro atoms. The van der Waals surface area contributed by atoms with Gasteiger partial charge in [0, 0.05) is 27.7 Å². The molecule has 0 aliphatic heterocycles. The molecule has 0 radical (unpaired) electrons. The fraction of sp³-hybridized carbons (Fsp3) is 0.364. The molecule has 0 bridgehead atoms. The molecular weight excluding hydrogens is 471 g/mol. The maximum absolute atomic E-state index is 13.0. The second-order valence-corrected chi connectivity index (χ2v) is 8.65. The molecule has 0 heterocycles. The van der Waals surface area contributed by atoms with Gasteiger partial charge in [-0.1, -0.05) is 40.9 Å². The number of nitrogens with zero attached hydrogens (tertiary/aromatic N) is 3. The zero-order chi connectivity index (χ0) is 24.0. The van der Waals surface area contributed by atoms with Crippen molar-refractivity contribution in [3.05, 3.63) is 51.5 Å². The van der Waals surface area contributed by atoms with Gasteiger partial charge in [-0.25, -0.2) is 9.80 Å². The van der Waals surface area contributed by atoms with Gasteiger partial charge in [0.2, 0.25) is 0 Å². The Bertz CT molecular complexity index is 965. The third-order valence-corrected chi connectivity index (χ3v) is 5.79. The van der Waals surface area contributed by atoms with Crippen molar-refractivity contribution < 1.29 is 14.6 Å². The van der Waals surface area contributed by atoms with E-state index in [-0.39, 0.29) is 15.8 Å². The highest BCUT2D eigenvalue weighted by Crippen LogP contribution is 2.36. The van der Waals surface area contributed by atoms with Crippen LogP contribution in [0.4, 0.5) is 10.5 Å². The molecule has 2 rings (SSSR count). The van der Waals surface area contributed by atoms with Gasteiger partial charge in [-0.05, 0) is 56.2 Å². The van der Waals surface area contributed by atoms with Gasteiger partial charge in [-0.15, -0.1) is 0 Å². The average molecular weight is 499 g/mol. The van der Waals surface area contributed by atoms with Crippen LogP contribution < -0.4 is 15.1 Å². The van der Waals surface area contributed by atoms with Crippen LogP contribution in [-0.4, -0.2) is 60.5 Å². The van der Waals surface area contributed by atoms with Gasteiger partial charge in [-0.3, -0.25) is 5.01 Å². The number of anilines is 1. The van der Waals surface area contributed by atoms with Crippen LogP contribution in [0, 0.1) is 13.8 Å². The lowest BCUT2D eigenvalue weighted by Gasteiger charge is -2.35. The van der Waals surface area contributed by atoms with E-state index in [1.807, 2.05) is 26.0 Å². The zero-order valence-electron chi connectivity index (χ0n) is 18.8. The normalized spacial score (nSPS) is 10.5. The second-order valence-electron chi connectivity index (χ2n) is 7.47. The summed E-state index contributed by atoms with van der Waals surface area (Å²) in [4.78, 5) is 14.7. The molecule has 0 aliphatic rings. The van der Waals surface area contributed by atoms with E-state index in [4.69, 9.17) is 40.2 Å². The maximum Gasteiger partial charge on any atom is 0.341 e. The van der Waals surface area contributed by atoms with E-state index in [1.165, 1.54) is 27.7 Å². The van der Waals surface area contributed by atoms with Crippen LogP contribution in [0.1, 0.15) is 17.5 Å². The molecule has 2 N–H and O–H groups in total. The third-order valence-electron chi connectivity index (χ3n) is 4.58. The van der Waals surface area contributed by atoms with Crippen LogP contribution in [0.3, 0.4) is 0 Å². The van der Waals surface area contributed by atoms with Gasteiger partial charge in [0.25, 0.3) is 0 Å². The van der Waals surface area contributed by atoms with Crippen molar-refractivity contribution in [3.8, 4) is 11.5 Å². The van der Waals surface area contributed by atoms with Crippen molar-refractivity contribution in [1.82, 2.24) is 15.2 Å². The number of aryl methyl sites for hydroxylation is 2. The molecule has 2 aromatic carbocycles. The number of thiocarbonyl (C=S) groups is 1. The summed E-state index contributed by atoms with van der Waals surface area (Å²) in [7, 11) is 5.20. The van der Waals surface area contributed by atoms with Crippen molar-refractivity contribution in [2.45, 2.75) is 20.3 Å². The predicted octanol–water partition coefficient (Wildman–Crippen LogP) is 4.99. The molecule has 7 nitrogen and oxygen atoms in total. The van der Waals surface area contributed by atoms with Crippen LogP contribution in [0.2, 0.25) is 10.0 Å². The first kappa shape index (κ1) is 25.8. The number of ether oxygens (including phenoxy) is 1. The molecule has 0 saturated heterocycles. The summed E-state index contributed by atoms with van der Waals surface area (Å²) in [6.45, 7) is 4.86. The minimum Gasteiger partial charge on any atom is -0.505 e. The molecule has 32 heavy (non-hydrogen) atoms. The molecule has 2 amide bonds. The number of halogens is 2. The average Bonchev–Trinajstić information content (AvgIpc) is 2.72. The lowest BCUT2D eigenvalue weighted by Crippen LogP contribution is -2.54. The van der Waals surface area contributed by atoms with E-state index >= 15 is 0 Å². The van der Waals surface area contributed by atoms with Crippen LogP contribution in [0.25, 0.3) is 0 Å². The van der Waals surface area contributed by atoms with Gasteiger partial charge in [0.05, 0.1) is 22.3 Å². The van der Waals surface area contributed by atoms with E-state index in [0.29, 0.717) is 30.4 Å². The number of hydrogen-bond acceptors (Lipinski definition) is 4. The summed E-state index contributed by atoms with van der Waals surface area (Å²) in [5.41, 5.74) is 2.60.